The number of nitrogens with one attached hydrogen (secondary N) is 1. The molecule has 1 fully saturated rings. The highest BCUT2D eigenvalue weighted by Crippen LogP contribution is 2.25. The summed E-state index contributed by atoms with van der Waals surface area (Å²) in [5.41, 5.74) is 0.590. The van der Waals surface area contributed by atoms with Gasteiger partial charge in [-0.15, -0.1) is 10.2 Å². The molecule has 1 aliphatic rings. The number of amides is 3. The highest BCUT2D eigenvalue weighted by molar-refractivity contribution is 8.00. The summed E-state index contributed by atoms with van der Waals surface area (Å²) in [5, 5.41) is 10.5. The minimum atomic E-state index is -0.512. The van der Waals surface area contributed by atoms with Crippen LogP contribution in [0.25, 0.3) is 11.5 Å². The molecule has 1 atom stereocenters. The van der Waals surface area contributed by atoms with E-state index < -0.39 is 5.25 Å². The van der Waals surface area contributed by atoms with Gasteiger partial charge in [0.05, 0.1) is 5.25 Å². The van der Waals surface area contributed by atoms with E-state index in [1.54, 1.807) is 25.3 Å². The quantitative estimate of drug-likeness (QED) is 0.601. The third kappa shape index (κ3) is 2.97. The fourth-order valence-electron chi connectivity index (χ4n) is 2.14. The van der Waals surface area contributed by atoms with Gasteiger partial charge in [0, 0.05) is 19.3 Å². The average molecular weight is 333 g/mol. The van der Waals surface area contributed by atoms with Gasteiger partial charge in [-0.05, 0) is 19.1 Å². The number of hydrogen-bond donors (Lipinski definition) is 2. The summed E-state index contributed by atoms with van der Waals surface area (Å²) in [6, 6.07) is 5.01. The second-order valence-corrected chi connectivity index (χ2v) is 6.18. The van der Waals surface area contributed by atoms with Gasteiger partial charge in [-0.1, -0.05) is 17.8 Å². The third-order valence-corrected chi connectivity index (χ3v) is 4.36. The Bertz CT molecular complexity index is 733. The van der Waals surface area contributed by atoms with E-state index in [9.17, 15) is 9.59 Å². The SMILES string of the molecule is CC(Sc1nnc(-c2ccccn2)n1N)C(=O)N1CCNC1=O. The van der Waals surface area contributed by atoms with Gasteiger partial charge in [0.2, 0.25) is 16.9 Å². The lowest BCUT2D eigenvalue weighted by Crippen LogP contribution is -2.39. The molecule has 2 aromatic heterocycles. The molecule has 9 nitrogen and oxygen atoms in total. The number of hydrogen-bond acceptors (Lipinski definition) is 7. The zero-order chi connectivity index (χ0) is 16.4. The number of nitrogen functional groups attached to an aromatic ring is 1. The summed E-state index contributed by atoms with van der Waals surface area (Å²) in [5.74, 6) is 6.12. The Hall–Kier alpha value is -2.62. The smallest absolute Gasteiger partial charge is 0.324 e. The molecule has 1 unspecified atom stereocenters. The molecular weight excluding hydrogens is 318 g/mol. The molecule has 23 heavy (non-hydrogen) atoms. The lowest BCUT2D eigenvalue weighted by atomic mass is 10.3. The van der Waals surface area contributed by atoms with E-state index in [0.717, 1.165) is 11.8 Å². The lowest BCUT2D eigenvalue weighted by molar-refractivity contribution is -0.126. The van der Waals surface area contributed by atoms with E-state index in [0.29, 0.717) is 29.8 Å². The van der Waals surface area contributed by atoms with E-state index in [1.165, 1.54) is 9.58 Å². The minimum absolute atomic E-state index is 0.285. The first-order valence-corrected chi connectivity index (χ1v) is 7.83. The molecule has 1 aliphatic heterocycles. The van der Waals surface area contributed by atoms with Crippen LogP contribution in [0.2, 0.25) is 0 Å². The van der Waals surface area contributed by atoms with Crippen molar-refractivity contribution >= 4 is 23.7 Å². The van der Waals surface area contributed by atoms with Crippen LogP contribution in [0.5, 0.6) is 0 Å². The Balaban J connectivity index is 1.75. The van der Waals surface area contributed by atoms with Crippen LogP contribution in [0, 0.1) is 0 Å². The predicted molar refractivity (Wildman–Crippen MR) is 83.8 cm³/mol. The molecule has 3 rings (SSSR count). The fraction of sp³-hybridized carbons (Fsp3) is 0.308. The maximum Gasteiger partial charge on any atom is 0.324 e. The van der Waals surface area contributed by atoms with E-state index in [2.05, 4.69) is 20.5 Å². The largest absolute Gasteiger partial charge is 0.336 e. The van der Waals surface area contributed by atoms with Gasteiger partial charge in [-0.25, -0.2) is 9.47 Å². The number of urea groups is 1. The van der Waals surface area contributed by atoms with Crippen LogP contribution >= 0.6 is 11.8 Å². The van der Waals surface area contributed by atoms with E-state index in [-0.39, 0.29) is 11.9 Å². The summed E-state index contributed by atoms with van der Waals surface area (Å²) >= 11 is 1.15. The Morgan fingerprint density at radius 3 is 2.91 bits per heavy atom. The zero-order valence-electron chi connectivity index (χ0n) is 12.3. The molecule has 1 saturated heterocycles. The predicted octanol–water partition coefficient (Wildman–Crippen LogP) is 0.0863. The molecule has 3 heterocycles. The number of carbonyl (C=O) groups excluding carboxylic acids is 2. The first-order valence-electron chi connectivity index (χ1n) is 6.95. The van der Waals surface area contributed by atoms with Gasteiger partial charge >= 0.3 is 6.03 Å². The van der Waals surface area contributed by atoms with Crippen LogP contribution in [0.3, 0.4) is 0 Å². The van der Waals surface area contributed by atoms with Crippen molar-refractivity contribution in [3.8, 4) is 11.5 Å². The first kappa shape index (κ1) is 15.3. The number of rotatable bonds is 4. The second-order valence-electron chi connectivity index (χ2n) is 4.87. The zero-order valence-corrected chi connectivity index (χ0v) is 13.2. The van der Waals surface area contributed by atoms with Crippen molar-refractivity contribution in [1.82, 2.24) is 30.1 Å². The number of aromatic nitrogens is 4. The average Bonchev–Trinajstić information content (AvgIpc) is 3.14. The molecule has 3 amide bonds. The lowest BCUT2D eigenvalue weighted by Gasteiger charge is -2.16. The van der Waals surface area contributed by atoms with Gasteiger partial charge in [0.15, 0.2) is 0 Å². The number of thioether (sulfide) groups is 1. The molecule has 120 valence electrons. The van der Waals surface area contributed by atoms with Gasteiger partial charge < -0.3 is 11.2 Å². The Morgan fingerprint density at radius 2 is 2.26 bits per heavy atom. The fourth-order valence-corrected chi connectivity index (χ4v) is 2.97. The van der Waals surface area contributed by atoms with Crippen LogP contribution in [0.4, 0.5) is 4.79 Å². The van der Waals surface area contributed by atoms with Crippen molar-refractivity contribution in [2.75, 3.05) is 18.9 Å². The van der Waals surface area contributed by atoms with E-state index >= 15 is 0 Å². The maximum absolute atomic E-state index is 12.3. The summed E-state index contributed by atoms with van der Waals surface area (Å²) in [7, 11) is 0. The third-order valence-electron chi connectivity index (χ3n) is 3.31. The van der Waals surface area contributed by atoms with Gasteiger partial charge in [-0.3, -0.25) is 14.7 Å². The van der Waals surface area contributed by atoms with Crippen LogP contribution in [-0.4, -0.2) is 55.0 Å². The first-order chi connectivity index (χ1) is 11.1. The summed E-state index contributed by atoms with van der Waals surface area (Å²) in [6.45, 7) is 2.55. The molecule has 0 spiro atoms. The topological polar surface area (TPSA) is 119 Å². The molecule has 3 N–H and O–H groups in total. The molecular formula is C13H15N7O2S. The molecule has 0 aromatic carbocycles. The van der Waals surface area contributed by atoms with Gasteiger partial charge in [0.1, 0.15) is 5.69 Å². The number of pyridine rings is 1. The van der Waals surface area contributed by atoms with Crippen LogP contribution in [0.15, 0.2) is 29.6 Å². The van der Waals surface area contributed by atoms with Crippen molar-refractivity contribution in [2.45, 2.75) is 17.3 Å². The van der Waals surface area contributed by atoms with Crippen molar-refractivity contribution < 1.29 is 9.59 Å². The van der Waals surface area contributed by atoms with E-state index in [4.69, 9.17) is 5.84 Å². The van der Waals surface area contributed by atoms with Crippen LogP contribution in [-0.2, 0) is 4.79 Å². The number of imide groups is 1. The summed E-state index contributed by atoms with van der Waals surface area (Å²) in [6.07, 6.45) is 1.63. The normalized spacial score (nSPS) is 15.5. The maximum atomic E-state index is 12.3. The summed E-state index contributed by atoms with van der Waals surface area (Å²) in [4.78, 5) is 29.2. The molecule has 0 radical (unpaired) electrons. The second kappa shape index (κ2) is 6.24. The van der Waals surface area contributed by atoms with Crippen molar-refractivity contribution in [3.05, 3.63) is 24.4 Å². The standard InChI is InChI=1S/C13H15N7O2S/c1-8(11(21)19-7-6-16-12(19)22)23-13-18-17-10(20(13)14)9-4-2-3-5-15-9/h2-5,8H,6-7,14H2,1H3,(H,16,22). The van der Waals surface area contributed by atoms with Gasteiger partial charge in [0.25, 0.3) is 0 Å². The minimum Gasteiger partial charge on any atom is -0.336 e. The molecule has 10 heteroatoms. The molecule has 0 saturated carbocycles. The van der Waals surface area contributed by atoms with Crippen molar-refractivity contribution in [1.29, 1.82) is 0 Å². The van der Waals surface area contributed by atoms with Crippen LogP contribution in [0.1, 0.15) is 6.92 Å². The molecule has 2 aromatic rings. The number of nitrogens with zero attached hydrogens (tertiary/aromatic N) is 5. The van der Waals surface area contributed by atoms with E-state index in [1.807, 2.05) is 6.07 Å². The Morgan fingerprint density at radius 1 is 1.43 bits per heavy atom. The highest BCUT2D eigenvalue weighted by atomic mass is 32.2. The molecule has 0 aliphatic carbocycles. The van der Waals surface area contributed by atoms with Crippen LogP contribution < -0.4 is 11.2 Å². The van der Waals surface area contributed by atoms with Crippen molar-refractivity contribution in [3.63, 3.8) is 0 Å². The number of nitrogens with two attached hydrogens (primary N) is 1. The Kier molecular flexibility index (Phi) is 4.15. The summed E-state index contributed by atoms with van der Waals surface area (Å²) < 4.78 is 1.29. The number of carbonyl (C=O) groups is 2. The highest BCUT2D eigenvalue weighted by Gasteiger charge is 2.31. The molecule has 0 bridgehead atoms. The monoisotopic (exact) mass is 333 g/mol. The Labute approximate surface area is 136 Å². The van der Waals surface area contributed by atoms with Gasteiger partial charge in [-0.2, -0.15) is 0 Å². The van der Waals surface area contributed by atoms with Crippen molar-refractivity contribution in [2.24, 2.45) is 0 Å².